The lowest BCUT2D eigenvalue weighted by Crippen LogP contribution is -2.33. The molecule has 144 valence electrons. The van der Waals surface area contributed by atoms with Gasteiger partial charge in [-0.25, -0.2) is 4.79 Å². The maximum absolute atomic E-state index is 12.2. The number of nitrogens with one attached hydrogen (secondary N) is 1. The summed E-state index contributed by atoms with van der Waals surface area (Å²) in [6, 6.07) is 16.6. The lowest BCUT2D eigenvalue weighted by molar-refractivity contribution is 0.133. The average Bonchev–Trinajstić information content (AvgIpc) is 2.96. The zero-order valence-electron chi connectivity index (χ0n) is 16.4. The molecular weight excluding hydrogens is 338 g/mol. The Balaban J connectivity index is 1.59. The molecule has 1 amide bonds. The molecule has 0 heterocycles. The number of amides is 1. The molecule has 2 N–H and O–H groups in total. The van der Waals surface area contributed by atoms with E-state index in [1.807, 2.05) is 24.3 Å². The van der Waals surface area contributed by atoms with Gasteiger partial charge in [0.05, 0.1) is 0 Å². The largest absolute Gasteiger partial charge is 0.449 e. The molecule has 0 aliphatic heterocycles. The van der Waals surface area contributed by atoms with Crippen molar-refractivity contribution in [2.45, 2.75) is 33.1 Å². The third-order valence-corrected chi connectivity index (χ3v) is 5.04. The maximum atomic E-state index is 12.2. The minimum Gasteiger partial charge on any atom is -0.449 e. The molecule has 0 aromatic heterocycles. The van der Waals surface area contributed by atoms with E-state index in [2.05, 4.69) is 50.4 Å². The molecule has 1 atom stereocenters. The summed E-state index contributed by atoms with van der Waals surface area (Å²) in [4.78, 5) is 12.2. The third kappa shape index (κ3) is 4.69. The summed E-state index contributed by atoms with van der Waals surface area (Å²) in [6.45, 7) is 7.17. The Morgan fingerprint density at radius 3 is 2.15 bits per heavy atom. The molecule has 4 nitrogen and oxygen atoms in total. The number of alkyl carbamates (subject to hydrolysis) is 1. The van der Waals surface area contributed by atoms with Gasteiger partial charge in [0.15, 0.2) is 0 Å². The summed E-state index contributed by atoms with van der Waals surface area (Å²) >= 11 is 0. The molecular formula is C23H29NO3. The van der Waals surface area contributed by atoms with E-state index in [0.717, 1.165) is 6.42 Å². The van der Waals surface area contributed by atoms with Crippen molar-refractivity contribution in [3.05, 3.63) is 59.7 Å². The Morgan fingerprint density at radius 1 is 1.07 bits per heavy atom. The van der Waals surface area contributed by atoms with E-state index in [-0.39, 0.29) is 23.9 Å². The predicted molar refractivity (Wildman–Crippen MR) is 108 cm³/mol. The quantitative estimate of drug-likeness (QED) is 0.786. The second-order valence-corrected chi connectivity index (χ2v) is 8.52. The zero-order chi connectivity index (χ0) is 19.4. The molecule has 1 aliphatic carbocycles. The van der Waals surface area contributed by atoms with Crippen LogP contribution in [-0.4, -0.2) is 31.0 Å². The van der Waals surface area contributed by atoms with Gasteiger partial charge in [-0.05, 0) is 40.0 Å². The van der Waals surface area contributed by atoms with Crippen LogP contribution in [-0.2, 0) is 4.74 Å². The second-order valence-electron chi connectivity index (χ2n) is 8.52. The Bertz CT molecular complexity index is 749. The van der Waals surface area contributed by atoms with E-state index in [1.165, 1.54) is 22.3 Å². The maximum Gasteiger partial charge on any atom is 0.407 e. The summed E-state index contributed by atoms with van der Waals surface area (Å²) in [5, 5.41) is 12.3. The lowest BCUT2D eigenvalue weighted by Gasteiger charge is -2.24. The highest BCUT2D eigenvalue weighted by atomic mass is 16.5. The standard InChI is InChI=1S/C23H29NO3/c1-23(2,3)12-16(14-25)13-24-22(26)27-15-21-19-10-6-4-8-17(19)18-9-5-7-11-20(18)21/h4-11,16,21,25H,12-15H2,1-3H3,(H,24,26). The van der Waals surface area contributed by atoms with E-state index in [4.69, 9.17) is 4.74 Å². The number of benzene rings is 2. The van der Waals surface area contributed by atoms with Gasteiger partial charge in [-0.3, -0.25) is 0 Å². The summed E-state index contributed by atoms with van der Waals surface area (Å²) in [5.41, 5.74) is 4.94. The van der Waals surface area contributed by atoms with Crippen molar-refractivity contribution in [1.82, 2.24) is 5.32 Å². The molecule has 2 aromatic rings. The fraction of sp³-hybridized carbons (Fsp3) is 0.435. The van der Waals surface area contributed by atoms with Gasteiger partial charge in [0.1, 0.15) is 6.61 Å². The number of carbonyl (C=O) groups excluding carboxylic acids is 1. The number of rotatable bonds is 6. The van der Waals surface area contributed by atoms with Gasteiger partial charge in [-0.15, -0.1) is 0 Å². The van der Waals surface area contributed by atoms with Crippen molar-refractivity contribution < 1.29 is 14.6 Å². The molecule has 0 saturated carbocycles. The molecule has 3 rings (SSSR count). The first-order valence-corrected chi connectivity index (χ1v) is 9.59. The van der Waals surface area contributed by atoms with Gasteiger partial charge < -0.3 is 15.2 Å². The van der Waals surface area contributed by atoms with Crippen molar-refractivity contribution >= 4 is 6.09 Å². The summed E-state index contributed by atoms with van der Waals surface area (Å²) < 4.78 is 5.53. The van der Waals surface area contributed by atoms with E-state index in [1.54, 1.807) is 0 Å². The molecule has 0 spiro atoms. The Kier molecular flexibility index (Phi) is 5.85. The second kappa shape index (κ2) is 8.13. The fourth-order valence-corrected chi connectivity index (χ4v) is 3.94. The van der Waals surface area contributed by atoms with Crippen LogP contribution < -0.4 is 5.32 Å². The molecule has 0 radical (unpaired) electrons. The van der Waals surface area contributed by atoms with Crippen LogP contribution in [0.1, 0.15) is 44.2 Å². The normalized spacial score (nSPS) is 14.4. The van der Waals surface area contributed by atoms with E-state index in [0.29, 0.717) is 13.2 Å². The van der Waals surface area contributed by atoms with E-state index >= 15 is 0 Å². The lowest BCUT2D eigenvalue weighted by atomic mass is 9.85. The smallest absolute Gasteiger partial charge is 0.407 e. The fourth-order valence-electron chi connectivity index (χ4n) is 3.94. The first kappa shape index (κ1) is 19.4. The minimum absolute atomic E-state index is 0.0329. The van der Waals surface area contributed by atoms with Crippen LogP contribution >= 0.6 is 0 Å². The Morgan fingerprint density at radius 2 is 1.63 bits per heavy atom. The van der Waals surface area contributed by atoms with Crippen LogP contribution in [0, 0.1) is 11.3 Å². The summed E-state index contributed by atoms with van der Waals surface area (Å²) in [7, 11) is 0. The zero-order valence-corrected chi connectivity index (χ0v) is 16.4. The molecule has 1 aliphatic rings. The van der Waals surface area contributed by atoms with Crippen LogP contribution in [0.25, 0.3) is 11.1 Å². The van der Waals surface area contributed by atoms with Gasteiger partial charge in [-0.1, -0.05) is 69.3 Å². The predicted octanol–water partition coefficient (Wildman–Crippen LogP) is 4.57. The number of fused-ring (bicyclic) bond motifs is 3. The Labute approximate surface area is 161 Å². The van der Waals surface area contributed by atoms with Crippen LogP contribution in [0.2, 0.25) is 0 Å². The molecule has 27 heavy (non-hydrogen) atoms. The number of hydrogen-bond acceptors (Lipinski definition) is 3. The van der Waals surface area contributed by atoms with Gasteiger partial charge >= 0.3 is 6.09 Å². The van der Waals surface area contributed by atoms with Crippen molar-refractivity contribution in [3.63, 3.8) is 0 Å². The topological polar surface area (TPSA) is 58.6 Å². The number of ether oxygens (including phenoxy) is 1. The highest BCUT2D eigenvalue weighted by molar-refractivity contribution is 5.79. The molecule has 0 saturated heterocycles. The molecule has 4 heteroatoms. The summed E-state index contributed by atoms with van der Waals surface area (Å²) in [5.74, 6) is 0.0943. The third-order valence-electron chi connectivity index (χ3n) is 5.04. The van der Waals surface area contributed by atoms with Gasteiger partial charge in [0.2, 0.25) is 0 Å². The number of hydrogen-bond donors (Lipinski definition) is 2. The van der Waals surface area contributed by atoms with Crippen molar-refractivity contribution in [1.29, 1.82) is 0 Å². The minimum atomic E-state index is -0.427. The molecule has 0 fully saturated rings. The first-order chi connectivity index (χ1) is 12.9. The molecule has 0 bridgehead atoms. The highest BCUT2D eigenvalue weighted by Gasteiger charge is 2.29. The van der Waals surface area contributed by atoms with Crippen molar-refractivity contribution in [2.75, 3.05) is 19.8 Å². The average molecular weight is 367 g/mol. The van der Waals surface area contributed by atoms with Gasteiger partial charge in [0, 0.05) is 19.1 Å². The number of carbonyl (C=O) groups is 1. The van der Waals surface area contributed by atoms with Crippen LogP contribution in [0.4, 0.5) is 4.79 Å². The van der Waals surface area contributed by atoms with E-state index in [9.17, 15) is 9.90 Å². The SMILES string of the molecule is CC(C)(C)CC(CO)CNC(=O)OCC1c2ccccc2-c2ccccc21. The number of aliphatic hydroxyl groups is 1. The van der Waals surface area contributed by atoms with Gasteiger partial charge in [0.25, 0.3) is 0 Å². The monoisotopic (exact) mass is 367 g/mol. The van der Waals surface area contributed by atoms with E-state index < -0.39 is 6.09 Å². The highest BCUT2D eigenvalue weighted by Crippen LogP contribution is 2.44. The first-order valence-electron chi connectivity index (χ1n) is 9.59. The molecule has 2 aromatic carbocycles. The van der Waals surface area contributed by atoms with Crippen LogP contribution in [0.5, 0.6) is 0 Å². The van der Waals surface area contributed by atoms with Crippen molar-refractivity contribution in [3.8, 4) is 11.1 Å². The summed E-state index contributed by atoms with van der Waals surface area (Å²) in [6.07, 6.45) is 0.414. The van der Waals surface area contributed by atoms with Crippen molar-refractivity contribution in [2.24, 2.45) is 11.3 Å². The number of aliphatic hydroxyl groups excluding tert-OH is 1. The van der Waals surface area contributed by atoms with Crippen LogP contribution in [0.15, 0.2) is 48.5 Å². The van der Waals surface area contributed by atoms with Crippen LogP contribution in [0.3, 0.4) is 0 Å². The Hall–Kier alpha value is -2.33. The van der Waals surface area contributed by atoms with Gasteiger partial charge in [-0.2, -0.15) is 0 Å². The molecule has 1 unspecified atom stereocenters.